The molecule has 0 spiro atoms. The molecule has 0 bridgehead atoms. The van der Waals surface area contributed by atoms with Crippen molar-refractivity contribution in [1.29, 1.82) is 0 Å². The van der Waals surface area contributed by atoms with Gasteiger partial charge in [-0.1, -0.05) is 32.6 Å². The molecule has 0 aromatic carbocycles. The van der Waals surface area contributed by atoms with Crippen LogP contribution in [0.3, 0.4) is 0 Å². The average Bonchev–Trinajstić information content (AvgIpc) is 2.81. The van der Waals surface area contributed by atoms with Crippen molar-refractivity contribution in [3.05, 3.63) is 0 Å². The van der Waals surface area contributed by atoms with Crippen LogP contribution in [0, 0.1) is 5.92 Å². The van der Waals surface area contributed by atoms with Crippen LogP contribution in [0.4, 0.5) is 0 Å². The van der Waals surface area contributed by atoms with Crippen molar-refractivity contribution in [2.45, 2.75) is 51.9 Å². The number of unbranched alkanes of at least 4 members (excludes halogenated alkanes) is 1. The lowest BCUT2D eigenvalue weighted by Crippen LogP contribution is -2.28. The molecule has 4 nitrogen and oxygen atoms in total. The Labute approximate surface area is 112 Å². The number of nitrogens with one attached hydrogen (secondary N) is 2. The molecule has 0 aromatic rings. The molecule has 1 fully saturated rings. The lowest BCUT2D eigenvalue weighted by Gasteiger charge is -2.10. The van der Waals surface area contributed by atoms with E-state index in [1.54, 1.807) is 0 Å². The predicted octanol–water partition coefficient (Wildman–Crippen LogP) is 1.88. The Kier molecular flexibility index (Phi) is 7.86. The summed E-state index contributed by atoms with van der Waals surface area (Å²) in [6.45, 7) is 4.54. The predicted molar refractivity (Wildman–Crippen MR) is 76.1 cm³/mol. The van der Waals surface area contributed by atoms with Gasteiger partial charge < -0.3 is 5.32 Å². The van der Waals surface area contributed by atoms with E-state index in [2.05, 4.69) is 17.0 Å². The third-order valence-electron chi connectivity index (χ3n) is 3.62. The van der Waals surface area contributed by atoms with Crippen molar-refractivity contribution in [3.8, 4) is 0 Å². The Morgan fingerprint density at radius 1 is 1.11 bits per heavy atom. The van der Waals surface area contributed by atoms with Gasteiger partial charge in [0.2, 0.25) is 10.0 Å². The largest absolute Gasteiger partial charge is 0.317 e. The minimum atomic E-state index is -3.04. The minimum Gasteiger partial charge on any atom is -0.317 e. The Balaban J connectivity index is 2.03. The van der Waals surface area contributed by atoms with Crippen LogP contribution in [-0.2, 0) is 10.0 Å². The second-order valence-corrected chi connectivity index (χ2v) is 7.14. The molecule has 0 aliphatic heterocycles. The van der Waals surface area contributed by atoms with Crippen LogP contribution in [0.5, 0.6) is 0 Å². The lowest BCUT2D eigenvalue weighted by atomic mass is 10.1. The van der Waals surface area contributed by atoms with Crippen LogP contribution in [0.25, 0.3) is 0 Å². The molecule has 2 N–H and O–H groups in total. The van der Waals surface area contributed by atoms with Gasteiger partial charge in [-0.15, -0.1) is 0 Å². The quantitative estimate of drug-likeness (QED) is 0.599. The molecule has 0 radical (unpaired) electrons. The van der Waals surface area contributed by atoms with Gasteiger partial charge in [-0.05, 0) is 38.3 Å². The van der Waals surface area contributed by atoms with Gasteiger partial charge in [-0.25, -0.2) is 13.1 Å². The van der Waals surface area contributed by atoms with Crippen molar-refractivity contribution in [1.82, 2.24) is 10.0 Å². The molecule has 0 amide bonds. The lowest BCUT2D eigenvalue weighted by molar-refractivity contribution is 0.495. The van der Waals surface area contributed by atoms with Crippen molar-refractivity contribution < 1.29 is 8.42 Å². The maximum absolute atomic E-state index is 11.7. The fourth-order valence-electron chi connectivity index (χ4n) is 2.51. The molecule has 1 aliphatic carbocycles. The van der Waals surface area contributed by atoms with Gasteiger partial charge in [0.25, 0.3) is 0 Å². The second kappa shape index (κ2) is 8.88. The number of hydrogen-bond donors (Lipinski definition) is 2. The van der Waals surface area contributed by atoms with Gasteiger partial charge in [-0.2, -0.15) is 0 Å². The smallest absolute Gasteiger partial charge is 0.211 e. The minimum absolute atomic E-state index is 0.267. The molecule has 1 saturated carbocycles. The zero-order valence-corrected chi connectivity index (χ0v) is 12.4. The molecule has 18 heavy (non-hydrogen) atoms. The van der Waals surface area contributed by atoms with Crippen LogP contribution >= 0.6 is 0 Å². The molecule has 0 atom stereocenters. The molecular formula is C13H28N2O2S. The summed E-state index contributed by atoms with van der Waals surface area (Å²) in [6, 6.07) is 0. The second-order valence-electron chi connectivity index (χ2n) is 5.21. The third-order valence-corrected chi connectivity index (χ3v) is 5.09. The summed E-state index contributed by atoms with van der Waals surface area (Å²) in [7, 11) is -3.04. The summed E-state index contributed by atoms with van der Waals surface area (Å²) >= 11 is 0. The highest BCUT2D eigenvalue weighted by Crippen LogP contribution is 2.26. The summed E-state index contributed by atoms with van der Waals surface area (Å²) in [5, 5.41) is 3.20. The molecule has 0 unspecified atom stereocenters. The zero-order chi connectivity index (χ0) is 13.3. The first-order valence-electron chi connectivity index (χ1n) is 7.32. The Morgan fingerprint density at radius 3 is 2.50 bits per heavy atom. The molecule has 0 saturated heterocycles. The summed E-state index contributed by atoms with van der Waals surface area (Å²) in [5.41, 5.74) is 0. The fourth-order valence-corrected chi connectivity index (χ4v) is 3.67. The molecular weight excluding hydrogens is 248 g/mol. The maximum atomic E-state index is 11.7. The molecule has 1 rings (SSSR count). The third kappa shape index (κ3) is 7.34. The topological polar surface area (TPSA) is 58.2 Å². The molecule has 5 heteroatoms. The van der Waals surface area contributed by atoms with Crippen LogP contribution < -0.4 is 10.0 Å². The van der Waals surface area contributed by atoms with Crippen LogP contribution in [-0.4, -0.2) is 33.8 Å². The van der Waals surface area contributed by atoms with Gasteiger partial charge in [0.1, 0.15) is 0 Å². The van der Waals surface area contributed by atoms with E-state index in [1.165, 1.54) is 25.7 Å². The summed E-state index contributed by atoms with van der Waals surface area (Å²) < 4.78 is 26.1. The highest BCUT2D eigenvalue weighted by atomic mass is 32.2. The highest BCUT2D eigenvalue weighted by Gasteiger charge is 2.16. The van der Waals surface area contributed by atoms with E-state index in [0.717, 1.165) is 38.3 Å². The highest BCUT2D eigenvalue weighted by molar-refractivity contribution is 7.89. The average molecular weight is 276 g/mol. The SMILES string of the molecule is CCNCCCCS(=O)(=O)NCCC1CCCC1. The van der Waals surface area contributed by atoms with E-state index in [-0.39, 0.29) is 5.75 Å². The first kappa shape index (κ1) is 15.9. The van der Waals surface area contributed by atoms with E-state index in [1.807, 2.05) is 0 Å². The van der Waals surface area contributed by atoms with Crippen molar-refractivity contribution in [2.24, 2.45) is 5.92 Å². The Morgan fingerprint density at radius 2 is 1.83 bits per heavy atom. The van der Waals surface area contributed by atoms with E-state index >= 15 is 0 Å². The first-order valence-corrected chi connectivity index (χ1v) is 8.97. The Hall–Kier alpha value is -0.130. The monoisotopic (exact) mass is 276 g/mol. The fraction of sp³-hybridized carbons (Fsp3) is 1.00. The van der Waals surface area contributed by atoms with Gasteiger partial charge in [0.15, 0.2) is 0 Å². The van der Waals surface area contributed by atoms with Crippen molar-refractivity contribution in [3.63, 3.8) is 0 Å². The van der Waals surface area contributed by atoms with Gasteiger partial charge in [0.05, 0.1) is 5.75 Å². The summed E-state index contributed by atoms with van der Waals surface area (Å²) in [5.74, 6) is 1.02. The number of sulfonamides is 1. The normalized spacial score (nSPS) is 17.4. The summed E-state index contributed by atoms with van der Waals surface area (Å²) in [6.07, 6.45) is 7.89. The van der Waals surface area contributed by atoms with Crippen molar-refractivity contribution in [2.75, 3.05) is 25.4 Å². The van der Waals surface area contributed by atoms with Crippen LogP contribution in [0.15, 0.2) is 0 Å². The Bertz CT molecular complexity index is 298. The molecule has 0 heterocycles. The number of hydrogen-bond acceptors (Lipinski definition) is 3. The van der Waals surface area contributed by atoms with Gasteiger partial charge >= 0.3 is 0 Å². The molecule has 1 aliphatic rings. The van der Waals surface area contributed by atoms with E-state index in [9.17, 15) is 8.42 Å². The maximum Gasteiger partial charge on any atom is 0.211 e. The zero-order valence-electron chi connectivity index (χ0n) is 11.6. The van der Waals surface area contributed by atoms with E-state index in [0.29, 0.717) is 6.54 Å². The molecule has 108 valence electrons. The van der Waals surface area contributed by atoms with Gasteiger partial charge in [0, 0.05) is 6.54 Å². The van der Waals surface area contributed by atoms with Crippen molar-refractivity contribution >= 4 is 10.0 Å². The van der Waals surface area contributed by atoms with E-state index < -0.39 is 10.0 Å². The van der Waals surface area contributed by atoms with E-state index in [4.69, 9.17) is 0 Å². The first-order chi connectivity index (χ1) is 8.64. The summed E-state index contributed by atoms with van der Waals surface area (Å²) in [4.78, 5) is 0. The standard InChI is InChI=1S/C13H28N2O2S/c1-2-14-10-5-6-12-18(16,17)15-11-9-13-7-3-4-8-13/h13-15H,2-12H2,1H3. The molecule has 0 aromatic heterocycles. The van der Waals surface area contributed by atoms with Gasteiger partial charge in [-0.3, -0.25) is 0 Å². The van der Waals surface area contributed by atoms with Crippen LogP contribution in [0.1, 0.15) is 51.9 Å². The van der Waals surface area contributed by atoms with Crippen LogP contribution in [0.2, 0.25) is 0 Å². The number of rotatable bonds is 10.